The molecule has 0 aliphatic carbocycles. The Morgan fingerprint density at radius 2 is 2.27 bits per heavy atom. The normalized spacial score (nSPS) is 10.4. The smallest absolute Gasteiger partial charge is 0.273 e. The molecule has 15 heavy (non-hydrogen) atoms. The van der Waals surface area contributed by atoms with Crippen molar-refractivity contribution in [2.45, 2.75) is 13.8 Å². The second-order valence-corrected chi connectivity index (χ2v) is 4.56. The number of amides is 1. The molecule has 0 bridgehead atoms. The fourth-order valence-corrected chi connectivity index (χ4v) is 1.36. The van der Waals surface area contributed by atoms with Crippen molar-refractivity contribution in [3.63, 3.8) is 0 Å². The predicted molar refractivity (Wildman–Crippen MR) is 62.4 cm³/mol. The van der Waals surface area contributed by atoms with Crippen LogP contribution in [0.1, 0.15) is 24.2 Å². The van der Waals surface area contributed by atoms with Crippen LogP contribution in [0.5, 0.6) is 0 Å². The van der Waals surface area contributed by atoms with Gasteiger partial charge in [-0.05, 0) is 24.1 Å². The Bertz CT molecular complexity index is 339. The first-order valence-electron chi connectivity index (χ1n) is 4.77. The third kappa shape index (κ3) is 4.44. The maximum Gasteiger partial charge on any atom is 0.274 e. The molecule has 0 saturated carbocycles. The van der Waals surface area contributed by atoms with E-state index < -0.39 is 0 Å². The number of nitrogens with one attached hydrogen (secondary N) is 1. The number of hydrogen-bond acceptors (Lipinski definition) is 2. The van der Waals surface area contributed by atoms with Gasteiger partial charge in [-0.25, -0.2) is 5.48 Å². The summed E-state index contributed by atoms with van der Waals surface area (Å²) < 4.78 is 0.874. The van der Waals surface area contributed by atoms with Crippen molar-refractivity contribution in [3.05, 3.63) is 34.3 Å². The minimum atomic E-state index is -0.225. The number of halogens is 1. The van der Waals surface area contributed by atoms with Crippen molar-refractivity contribution in [3.8, 4) is 0 Å². The van der Waals surface area contributed by atoms with Crippen LogP contribution in [0.2, 0.25) is 0 Å². The monoisotopic (exact) mass is 271 g/mol. The summed E-state index contributed by atoms with van der Waals surface area (Å²) in [4.78, 5) is 16.6. The van der Waals surface area contributed by atoms with E-state index in [9.17, 15) is 4.79 Å². The van der Waals surface area contributed by atoms with Gasteiger partial charge in [-0.1, -0.05) is 35.8 Å². The number of hydrogen-bond donors (Lipinski definition) is 1. The summed E-state index contributed by atoms with van der Waals surface area (Å²) in [5.41, 5.74) is 2.97. The fraction of sp³-hybridized carbons (Fsp3) is 0.364. The molecule has 3 nitrogen and oxygen atoms in total. The lowest BCUT2D eigenvalue weighted by Crippen LogP contribution is -2.25. The van der Waals surface area contributed by atoms with Crippen molar-refractivity contribution >= 4 is 21.8 Å². The molecule has 0 aromatic heterocycles. The van der Waals surface area contributed by atoms with Crippen LogP contribution in [0.15, 0.2) is 28.7 Å². The molecule has 0 heterocycles. The van der Waals surface area contributed by atoms with E-state index in [1.165, 1.54) is 0 Å². The molecule has 1 aromatic rings. The Morgan fingerprint density at radius 1 is 1.53 bits per heavy atom. The largest absolute Gasteiger partial charge is 0.274 e. The summed E-state index contributed by atoms with van der Waals surface area (Å²) in [6.45, 7) is 4.55. The molecule has 0 atom stereocenters. The van der Waals surface area contributed by atoms with Gasteiger partial charge in [-0.3, -0.25) is 9.63 Å². The van der Waals surface area contributed by atoms with E-state index in [4.69, 9.17) is 4.84 Å². The minimum absolute atomic E-state index is 0.225. The van der Waals surface area contributed by atoms with Crippen LogP contribution in [0, 0.1) is 5.92 Å². The van der Waals surface area contributed by atoms with Crippen LogP contribution in [-0.4, -0.2) is 12.5 Å². The first-order chi connectivity index (χ1) is 7.09. The van der Waals surface area contributed by atoms with E-state index in [-0.39, 0.29) is 5.91 Å². The zero-order valence-electron chi connectivity index (χ0n) is 8.79. The van der Waals surface area contributed by atoms with Gasteiger partial charge in [-0.15, -0.1) is 0 Å². The molecule has 0 unspecified atom stereocenters. The van der Waals surface area contributed by atoms with Crippen molar-refractivity contribution in [1.29, 1.82) is 0 Å². The van der Waals surface area contributed by atoms with Gasteiger partial charge < -0.3 is 0 Å². The molecule has 82 valence electrons. The average Bonchev–Trinajstić information content (AvgIpc) is 2.17. The summed E-state index contributed by atoms with van der Waals surface area (Å²) in [5, 5.41) is 0. The Morgan fingerprint density at radius 3 is 2.87 bits per heavy atom. The Hall–Kier alpha value is -0.870. The topological polar surface area (TPSA) is 38.3 Å². The summed E-state index contributed by atoms with van der Waals surface area (Å²) >= 11 is 3.30. The first-order valence-corrected chi connectivity index (χ1v) is 5.56. The lowest BCUT2D eigenvalue weighted by Gasteiger charge is -2.07. The lowest BCUT2D eigenvalue weighted by atomic mass is 10.2. The van der Waals surface area contributed by atoms with Gasteiger partial charge in [0.2, 0.25) is 0 Å². The number of benzene rings is 1. The summed E-state index contributed by atoms with van der Waals surface area (Å²) in [6.07, 6.45) is 0. The predicted octanol–water partition coefficient (Wildman–Crippen LogP) is 2.77. The van der Waals surface area contributed by atoms with Crippen LogP contribution in [0.25, 0.3) is 0 Å². The molecule has 0 spiro atoms. The molecule has 4 heteroatoms. The van der Waals surface area contributed by atoms with E-state index >= 15 is 0 Å². The number of carbonyl (C=O) groups excluding carboxylic acids is 1. The number of hydroxylamine groups is 1. The van der Waals surface area contributed by atoms with Crippen molar-refractivity contribution < 1.29 is 9.63 Å². The van der Waals surface area contributed by atoms with Crippen LogP contribution >= 0.6 is 15.9 Å². The third-order valence-electron chi connectivity index (χ3n) is 1.67. The summed E-state index contributed by atoms with van der Waals surface area (Å²) in [5.74, 6) is 0.171. The number of rotatable bonds is 4. The lowest BCUT2D eigenvalue weighted by molar-refractivity contribution is 0.0208. The highest BCUT2D eigenvalue weighted by Crippen LogP contribution is 2.11. The second kappa shape index (κ2) is 5.88. The highest BCUT2D eigenvalue weighted by molar-refractivity contribution is 9.10. The molecular formula is C11H14BrNO2. The van der Waals surface area contributed by atoms with Crippen LogP contribution < -0.4 is 5.48 Å². The molecule has 1 amide bonds. The molecule has 1 N–H and O–H groups in total. The summed E-state index contributed by atoms with van der Waals surface area (Å²) in [7, 11) is 0. The van der Waals surface area contributed by atoms with Gasteiger partial charge in [-0.2, -0.15) is 0 Å². The zero-order valence-corrected chi connectivity index (χ0v) is 10.4. The first kappa shape index (κ1) is 12.2. The Balaban J connectivity index is 2.47. The van der Waals surface area contributed by atoms with E-state index in [1.54, 1.807) is 18.2 Å². The number of carbonyl (C=O) groups is 1. The average molecular weight is 272 g/mol. The fourth-order valence-electron chi connectivity index (χ4n) is 0.963. The molecule has 0 radical (unpaired) electrons. The van der Waals surface area contributed by atoms with Crippen molar-refractivity contribution in [1.82, 2.24) is 5.48 Å². The van der Waals surface area contributed by atoms with E-state index in [2.05, 4.69) is 21.4 Å². The zero-order chi connectivity index (χ0) is 11.3. The standard InChI is InChI=1S/C11H14BrNO2/c1-8(2)7-15-13-11(14)9-4-3-5-10(12)6-9/h3-6,8H,7H2,1-2H3,(H,13,14). The maximum absolute atomic E-state index is 11.5. The molecule has 0 fully saturated rings. The molecular weight excluding hydrogens is 258 g/mol. The summed E-state index contributed by atoms with van der Waals surface area (Å²) in [6, 6.07) is 7.15. The Kier molecular flexibility index (Phi) is 4.78. The van der Waals surface area contributed by atoms with E-state index in [0.717, 1.165) is 4.47 Å². The van der Waals surface area contributed by atoms with E-state index in [0.29, 0.717) is 18.1 Å². The van der Waals surface area contributed by atoms with Gasteiger partial charge in [0.15, 0.2) is 0 Å². The van der Waals surface area contributed by atoms with Crippen molar-refractivity contribution in [2.24, 2.45) is 5.92 Å². The molecule has 0 aliphatic rings. The second-order valence-electron chi connectivity index (χ2n) is 3.65. The Labute approximate surface area is 97.9 Å². The van der Waals surface area contributed by atoms with Gasteiger partial charge in [0.25, 0.3) is 5.91 Å². The minimum Gasteiger partial charge on any atom is -0.273 e. The SMILES string of the molecule is CC(C)CONC(=O)c1cccc(Br)c1. The molecule has 0 aliphatic heterocycles. The maximum atomic E-state index is 11.5. The third-order valence-corrected chi connectivity index (χ3v) is 2.16. The quantitative estimate of drug-likeness (QED) is 0.856. The van der Waals surface area contributed by atoms with Gasteiger partial charge in [0.1, 0.15) is 0 Å². The highest BCUT2D eigenvalue weighted by Gasteiger charge is 2.05. The van der Waals surface area contributed by atoms with Crippen molar-refractivity contribution in [2.75, 3.05) is 6.61 Å². The van der Waals surface area contributed by atoms with Gasteiger partial charge >= 0.3 is 0 Å². The molecule has 1 rings (SSSR count). The van der Waals surface area contributed by atoms with Gasteiger partial charge in [0, 0.05) is 10.0 Å². The van der Waals surface area contributed by atoms with E-state index in [1.807, 2.05) is 19.9 Å². The molecule has 1 aromatic carbocycles. The molecule has 0 saturated heterocycles. The van der Waals surface area contributed by atoms with Gasteiger partial charge in [0.05, 0.1) is 6.61 Å². The van der Waals surface area contributed by atoms with Crippen LogP contribution in [0.4, 0.5) is 0 Å². The highest BCUT2D eigenvalue weighted by atomic mass is 79.9. The van der Waals surface area contributed by atoms with Crippen LogP contribution in [-0.2, 0) is 4.84 Å². The van der Waals surface area contributed by atoms with Crippen LogP contribution in [0.3, 0.4) is 0 Å².